The number of morpholine rings is 1. The van der Waals surface area contributed by atoms with Gasteiger partial charge in [0, 0.05) is 45.8 Å². The zero-order chi connectivity index (χ0) is 17.8. The van der Waals surface area contributed by atoms with Crippen LogP contribution in [0.4, 0.5) is 0 Å². The van der Waals surface area contributed by atoms with Gasteiger partial charge in [0.05, 0.1) is 13.2 Å². The number of hydrogen-bond donors (Lipinski definition) is 1. The molecule has 1 N–H and O–H groups in total. The molecule has 1 unspecified atom stereocenters. The first-order valence-corrected chi connectivity index (χ1v) is 9.58. The number of nitrogens with one attached hydrogen (secondary N) is 1. The molecule has 2 aromatic carbocycles. The highest BCUT2D eigenvalue weighted by Gasteiger charge is 2.30. The predicted molar refractivity (Wildman–Crippen MR) is 107 cm³/mol. The minimum absolute atomic E-state index is 0.623. The number of benzene rings is 2. The standard InChI is InChI=1S/C21H28N4O/c1-22-21(25-9-8-20(16-25)24-10-12-26-13-11-24)23-15-17-6-7-18-4-2-3-5-19(18)14-17/h2-7,14,20H,8-13,15-16H2,1H3,(H,22,23). The minimum atomic E-state index is 0.623. The van der Waals surface area contributed by atoms with Crippen molar-refractivity contribution in [3.63, 3.8) is 0 Å². The molecule has 0 bridgehead atoms. The van der Waals surface area contributed by atoms with E-state index >= 15 is 0 Å². The van der Waals surface area contributed by atoms with Gasteiger partial charge in [0.2, 0.25) is 0 Å². The highest BCUT2D eigenvalue weighted by atomic mass is 16.5. The van der Waals surface area contributed by atoms with E-state index in [4.69, 9.17) is 4.74 Å². The topological polar surface area (TPSA) is 40.1 Å². The largest absolute Gasteiger partial charge is 0.379 e. The van der Waals surface area contributed by atoms with Crippen LogP contribution >= 0.6 is 0 Å². The molecule has 2 aromatic rings. The number of hydrogen-bond acceptors (Lipinski definition) is 3. The van der Waals surface area contributed by atoms with Gasteiger partial charge < -0.3 is 15.0 Å². The summed E-state index contributed by atoms with van der Waals surface area (Å²) in [5.74, 6) is 1.01. The van der Waals surface area contributed by atoms with Gasteiger partial charge in [0.25, 0.3) is 0 Å². The quantitative estimate of drug-likeness (QED) is 0.680. The molecule has 1 atom stereocenters. The molecule has 4 rings (SSSR count). The highest BCUT2D eigenvalue weighted by Crippen LogP contribution is 2.18. The van der Waals surface area contributed by atoms with Gasteiger partial charge in [0.15, 0.2) is 5.96 Å². The number of aliphatic imine (C=N–C) groups is 1. The fourth-order valence-corrected chi connectivity index (χ4v) is 4.04. The summed E-state index contributed by atoms with van der Waals surface area (Å²) >= 11 is 0. The fourth-order valence-electron chi connectivity index (χ4n) is 4.04. The lowest BCUT2D eigenvalue weighted by molar-refractivity contribution is 0.0195. The van der Waals surface area contributed by atoms with Crippen molar-refractivity contribution in [3.05, 3.63) is 48.0 Å². The number of rotatable bonds is 3. The molecule has 0 radical (unpaired) electrons. The van der Waals surface area contributed by atoms with Crippen LogP contribution in [-0.2, 0) is 11.3 Å². The molecule has 0 aliphatic carbocycles. The van der Waals surface area contributed by atoms with Gasteiger partial charge in [-0.25, -0.2) is 0 Å². The van der Waals surface area contributed by atoms with Crippen LogP contribution < -0.4 is 5.32 Å². The first-order chi connectivity index (χ1) is 12.8. The first-order valence-electron chi connectivity index (χ1n) is 9.58. The van der Waals surface area contributed by atoms with E-state index in [1.165, 1.54) is 22.8 Å². The SMILES string of the molecule is CN=C(NCc1ccc2ccccc2c1)N1CCC(N2CCOCC2)C1. The van der Waals surface area contributed by atoms with Gasteiger partial charge in [-0.3, -0.25) is 9.89 Å². The van der Waals surface area contributed by atoms with Crippen molar-refractivity contribution in [2.75, 3.05) is 46.4 Å². The van der Waals surface area contributed by atoms with Crippen LogP contribution in [0.5, 0.6) is 0 Å². The minimum Gasteiger partial charge on any atom is -0.379 e. The molecule has 5 heteroatoms. The van der Waals surface area contributed by atoms with E-state index in [9.17, 15) is 0 Å². The Bertz CT molecular complexity index is 769. The third-order valence-electron chi connectivity index (χ3n) is 5.50. The van der Waals surface area contributed by atoms with Crippen molar-refractivity contribution in [1.82, 2.24) is 15.1 Å². The molecule has 2 fully saturated rings. The van der Waals surface area contributed by atoms with Gasteiger partial charge in [-0.15, -0.1) is 0 Å². The lowest BCUT2D eigenvalue weighted by atomic mass is 10.1. The zero-order valence-electron chi connectivity index (χ0n) is 15.5. The molecule has 0 aromatic heterocycles. The Labute approximate surface area is 155 Å². The zero-order valence-corrected chi connectivity index (χ0v) is 15.5. The number of guanidine groups is 1. The van der Waals surface area contributed by atoms with Gasteiger partial charge in [-0.1, -0.05) is 36.4 Å². The Morgan fingerprint density at radius 3 is 2.73 bits per heavy atom. The molecule has 5 nitrogen and oxygen atoms in total. The van der Waals surface area contributed by atoms with Crippen LogP contribution in [0.15, 0.2) is 47.5 Å². The van der Waals surface area contributed by atoms with Crippen LogP contribution in [0.1, 0.15) is 12.0 Å². The maximum absolute atomic E-state index is 5.48. The Kier molecular flexibility index (Phi) is 5.37. The van der Waals surface area contributed by atoms with Crippen molar-refractivity contribution < 1.29 is 4.74 Å². The molecule has 2 aliphatic heterocycles. The van der Waals surface area contributed by atoms with Gasteiger partial charge in [0.1, 0.15) is 0 Å². The third kappa shape index (κ3) is 3.84. The van der Waals surface area contributed by atoms with Crippen LogP contribution in [0.3, 0.4) is 0 Å². The van der Waals surface area contributed by atoms with Crippen LogP contribution in [-0.4, -0.2) is 68.2 Å². The summed E-state index contributed by atoms with van der Waals surface area (Å²) in [5.41, 5.74) is 1.29. The van der Waals surface area contributed by atoms with Gasteiger partial charge >= 0.3 is 0 Å². The molecule has 2 heterocycles. The normalized spacial score (nSPS) is 22.1. The molecular formula is C21H28N4O. The lowest BCUT2D eigenvalue weighted by Gasteiger charge is -2.32. The molecule has 26 heavy (non-hydrogen) atoms. The second-order valence-corrected chi connectivity index (χ2v) is 7.12. The fraction of sp³-hybridized carbons (Fsp3) is 0.476. The van der Waals surface area contributed by atoms with Crippen LogP contribution in [0, 0.1) is 0 Å². The van der Waals surface area contributed by atoms with Crippen LogP contribution in [0.25, 0.3) is 10.8 Å². The predicted octanol–water partition coefficient (Wildman–Crippen LogP) is 2.32. The molecule has 138 valence electrons. The monoisotopic (exact) mass is 352 g/mol. The Balaban J connectivity index is 1.35. The number of likely N-dealkylation sites (tertiary alicyclic amines) is 1. The van der Waals surface area contributed by atoms with Crippen molar-refractivity contribution >= 4 is 16.7 Å². The summed E-state index contributed by atoms with van der Waals surface area (Å²) in [6.07, 6.45) is 1.21. The van der Waals surface area contributed by atoms with E-state index < -0.39 is 0 Å². The average Bonchev–Trinajstić information content (AvgIpc) is 3.19. The molecule has 2 saturated heterocycles. The van der Waals surface area contributed by atoms with Gasteiger partial charge in [-0.05, 0) is 28.8 Å². The second-order valence-electron chi connectivity index (χ2n) is 7.12. The molecule has 0 spiro atoms. The summed E-state index contributed by atoms with van der Waals surface area (Å²) < 4.78 is 5.48. The van der Waals surface area contributed by atoms with E-state index in [0.29, 0.717) is 6.04 Å². The Morgan fingerprint density at radius 1 is 1.12 bits per heavy atom. The summed E-state index contributed by atoms with van der Waals surface area (Å²) in [4.78, 5) is 9.47. The van der Waals surface area contributed by atoms with Crippen molar-refractivity contribution in [3.8, 4) is 0 Å². The molecule has 0 amide bonds. The molecule has 2 aliphatic rings. The number of fused-ring (bicyclic) bond motifs is 1. The smallest absolute Gasteiger partial charge is 0.193 e. The summed E-state index contributed by atoms with van der Waals surface area (Å²) in [6.45, 7) is 6.77. The van der Waals surface area contributed by atoms with E-state index in [2.05, 4.69) is 62.6 Å². The maximum atomic E-state index is 5.48. The van der Waals surface area contributed by atoms with Crippen LogP contribution in [0.2, 0.25) is 0 Å². The summed E-state index contributed by atoms with van der Waals surface area (Å²) in [7, 11) is 1.88. The highest BCUT2D eigenvalue weighted by molar-refractivity contribution is 5.83. The van der Waals surface area contributed by atoms with Crippen molar-refractivity contribution in [1.29, 1.82) is 0 Å². The summed E-state index contributed by atoms with van der Waals surface area (Å²) in [6, 6.07) is 15.8. The van der Waals surface area contributed by atoms with E-state index in [1.807, 2.05) is 7.05 Å². The van der Waals surface area contributed by atoms with E-state index in [0.717, 1.165) is 51.9 Å². The second kappa shape index (κ2) is 8.06. The van der Waals surface area contributed by atoms with E-state index in [1.54, 1.807) is 0 Å². The van der Waals surface area contributed by atoms with Crippen molar-refractivity contribution in [2.45, 2.75) is 19.0 Å². The Morgan fingerprint density at radius 2 is 1.92 bits per heavy atom. The Hall–Kier alpha value is -2.11. The van der Waals surface area contributed by atoms with E-state index in [-0.39, 0.29) is 0 Å². The maximum Gasteiger partial charge on any atom is 0.193 e. The average molecular weight is 352 g/mol. The first kappa shape index (κ1) is 17.3. The van der Waals surface area contributed by atoms with Gasteiger partial charge in [-0.2, -0.15) is 0 Å². The molecular weight excluding hydrogens is 324 g/mol. The summed E-state index contributed by atoms with van der Waals surface area (Å²) in [5, 5.41) is 6.12. The number of nitrogens with zero attached hydrogens (tertiary/aromatic N) is 3. The lowest BCUT2D eigenvalue weighted by Crippen LogP contribution is -2.46. The third-order valence-corrected chi connectivity index (χ3v) is 5.50. The van der Waals surface area contributed by atoms with Crippen molar-refractivity contribution in [2.24, 2.45) is 4.99 Å². The number of ether oxygens (including phenoxy) is 1. The molecule has 0 saturated carbocycles.